The molecule has 0 aromatic heterocycles. The van der Waals surface area contributed by atoms with Crippen LogP contribution in [0.2, 0.25) is 0 Å². The molecule has 0 bridgehead atoms. The molecule has 0 radical (unpaired) electrons. The van der Waals surface area contributed by atoms with Gasteiger partial charge in [0.05, 0.1) is 13.2 Å². The SMILES string of the molecule is O=C(O)NCC(=O)N1CCOCc2cc(F)ccc21. The van der Waals surface area contributed by atoms with Crippen molar-refractivity contribution in [3.05, 3.63) is 29.6 Å². The van der Waals surface area contributed by atoms with Gasteiger partial charge in [-0.15, -0.1) is 0 Å². The third-order valence-corrected chi connectivity index (χ3v) is 2.74. The number of halogens is 1. The summed E-state index contributed by atoms with van der Waals surface area (Å²) in [7, 11) is 0. The highest BCUT2D eigenvalue weighted by molar-refractivity contribution is 5.96. The largest absolute Gasteiger partial charge is 0.465 e. The number of benzene rings is 1. The maximum atomic E-state index is 13.2. The maximum Gasteiger partial charge on any atom is 0.405 e. The molecule has 7 heteroatoms. The first-order chi connectivity index (χ1) is 9.08. The lowest BCUT2D eigenvalue weighted by molar-refractivity contribution is -0.117. The van der Waals surface area contributed by atoms with Crippen LogP contribution in [0.5, 0.6) is 0 Å². The zero-order valence-corrected chi connectivity index (χ0v) is 10.1. The first kappa shape index (κ1) is 13.3. The van der Waals surface area contributed by atoms with Gasteiger partial charge in [0.15, 0.2) is 0 Å². The summed E-state index contributed by atoms with van der Waals surface area (Å²) in [6.07, 6.45) is -1.27. The van der Waals surface area contributed by atoms with E-state index in [-0.39, 0.29) is 13.2 Å². The van der Waals surface area contributed by atoms with Gasteiger partial charge in [0.25, 0.3) is 0 Å². The van der Waals surface area contributed by atoms with E-state index >= 15 is 0 Å². The summed E-state index contributed by atoms with van der Waals surface area (Å²) in [5.74, 6) is -0.805. The van der Waals surface area contributed by atoms with Crippen LogP contribution < -0.4 is 10.2 Å². The molecule has 6 nitrogen and oxygen atoms in total. The summed E-state index contributed by atoms with van der Waals surface area (Å²) in [5, 5.41) is 10.5. The molecular weight excluding hydrogens is 255 g/mol. The number of fused-ring (bicyclic) bond motifs is 1. The molecule has 0 spiro atoms. The highest BCUT2D eigenvalue weighted by atomic mass is 19.1. The second-order valence-corrected chi connectivity index (χ2v) is 4.03. The van der Waals surface area contributed by atoms with Crippen LogP contribution in [0.15, 0.2) is 18.2 Å². The zero-order chi connectivity index (χ0) is 13.8. The van der Waals surface area contributed by atoms with Crippen LogP contribution in [-0.2, 0) is 16.1 Å². The van der Waals surface area contributed by atoms with Gasteiger partial charge in [0.2, 0.25) is 5.91 Å². The smallest absolute Gasteiger partial charge is 0.405 e. The highest BCUT2D eigenvalue weighted by Gasteiger charge is 2.22. The summed E-state index contributed by atoms with van der Waals surface area (Å²) < 4.78 is 18.4. The lowest BCUT2D eigenvalue weighted by Gasteiger charge is -2.22. The van der Waals surface area contributed by atoms with Gasteiger partial charge in [0.1, 0.15) is 12.4 Å². The van der Waals surface area contributed by atoms with Crippen LogP contribution >= 0.6 is 0 Å². The van der Waals surface area contributed by atoms with Gasteiger partial charge in [-0.2, -0.15) is 0 Å². The number of rotatable bonds is 2. The number of nitrogens with zero attached hydrogens (tertiary/aromatic N) is 1. The monoisotopic (exact) mass is 268 g/mol. The quantitative estimate of drug-likeness (QED) is 0.837. The van der Waals surface area contributed by atoms with Crippen molar-refractivity contribution in [1.29, 1.82) is 0 Å². The molecular formula is C12H13FN2O4. The summed E-state index contributed by atoms with van der Waals surface area (Å²) in [6, 6.07) is 4.07. The fourth-order valence-electron chi connectivity index (χ4n) is 1.90. The van der Waals surface area contributed by atoms with Crippen molar-refractivity contribution in [3.8, 4) is 0 Å². The van der Waals surface area contributed by atoms with E-state index in [4.69, 9.17) is 9.84 Å². The van der Waals surface area contributed by atoms with Crippen LogP contribution in [0.1, 0.15) is 5.56 Å². The molecule has 102 valence electrons. The number of carbonyl (C=O) groups is 2. The Morgan fingerprint density at radius 3 is 3.00 bits per heavy atom. The van der Waals surface area contributed by atoms with Crippen molar-refractivity contribution in [1.82, 2.24) is 5.32 Å². The van der Waals surface area contributed by atoms with Crippen molar-refractivity contribution < 1.29 is 23.8 Å². The maximum absolute atomic E-state index is 13.2. The van der Waals surface area contributed by atoms with Crippen LogP contribution in [0.25, 0.3) is 0 Å². The van der Waals surface area contributed by atoms with Gasteiger partial charge >= 0.3 is 6.09 Å². The van der Waals surface area contributed by atoms with Gasteiger partial charge in [-0.25, -0.2) is 9.18 Å². The molecule has 19 heavy (non-hydrogen) atoms. The lowest BCUT2D eigenvalue weighted by Crippen LogP contribution is -2.41. The molecule has 1 heterocycles. The van der Waals surface area contributed by atoms with E-state index in [1.807, 2.05) is 5.32 Å². The van der Waals surface area contributed by atoms with E-state index in [1.165, 1.54) is 23.1 Å². The van der Waals surface area contributed by atoms with Crippen LogP contribution in [0.3, 0.4) is 0 Å². The number of carboxylic acid groups (broad SMARTS) is 1. The number of hydrogen-bond donors (Lipinski definition) is 2. The van der Waals surface area contributed by atoms with Gasteiger partial charge in [-0.05, 0) is 18.2 Å². The summed E-state index contributed by atoms with van der Waals surface area (Å²) in [4.78, 5) is 23.7. The summed E-state index contributed by atoms with van der Waals surface area (Å²) in [6.45, 7) is 0.517. The van der Waals surface area contributed by atoms with E-state index in [0.717, 1.165) is 0 Å². The third-order valence-electron chi connectivity index (χ3n) is 2.74. The number of hydrogen-bond acceptors (Lipinski definition) is 3. The molecule has 2 rings (SSSR count). The Kier molecular flexibility index (Phi) is 3.96. The van der Waals surface area contributed by atoms with Crippen LogP contribution in [0, 0.1) is 5.82 Å². The number of amides is 2. The predicted octanol–water partition coefficient (Wildman–Crippen LogP) is 0.956. The Balaban J connectivity index is 2.21. The van der Waals surface area contributed by atoms with E-state index in [2.05, 4.69) is 0 Å². The van der Waals surface area contributed by atoms with E-state index < -0.39 is 17.8 Å². The van der Waals surface area contributed by atoms with Gasteiger partial charge in [0, 0.05) is 17.8 Å². The molecule has 2 amide bonds. The van der Waals surface area contributed by atoms with Crippen molar-refractivity contribution in [2.45, 2.75) is 6.61 Å². The Labute approximate surface area is 108 Å². The normalized spacial score (nSPS) is 14.5. The first-order valence-corrected chi connectivity index (χ1v) is 5.71. The molecule has 1 aromatic rings. The molecule has 0 saturated carbocycles. The fourth-order valence-corrected chi connectivity index (χ4v) is 1.90. The average molecular weight is 268 g/mol. The number of ether oxygens (including phenoxy) is 1. The van der Waals surface area contributed by atoms with E-state index in [0.29, 0.717) is 24.4 Å². The van der Waals surface area contributed by atoms with E-state index in [1.54, 1.807) is 0 Å². The molecule has 0 unspecified atom stereocenters. The molecule has 0 saturated heterocycles. The molecule has 1 aliphatic rings. The molecule has 1 aromatic carbocycles. The average Bonchev–Trinajstić information content (AvgIpc) is 2.57. The molecule has 0 aliphatic carbocycles. The fraction of sp³-hybridized carbons (Fsp3) is 0.333. The van der Waals surface area contributed by atoms with Crippen molar-refractivity contribution in [2.24, 2.45) is 0 Å². The Bertz CT molecular complexity index is 507. The van der Waals surface area contributed by atoms with Gasteiger partial charge in [-0.3, -0.25) is 4.79 Å². The first-order valence-electron chi connectivity index (χ1n) is 5.71. The molecule has 1 aliphatic heterocycles. The topological polar surface area (TPSA) is 78.9 Å². The molecule has 0 fully saturated rings. The lowest BCUT2D eigenvalue weighted by atomic mass is 10.1. The second-order valence-electron chi connectivity index (χ2n) is 4.03. The second kappa shape index (κ2) is 5.66. The van der Waals surface area contributed by atoms with Crippen molar-refractivity contribution >= 4 is 17.7 Å². The van der Waals surface area contributed by atoms with Crippen molar-refractivity contribution in [2.75, 3.05) is 24.6 Å². The number of anilines is 1. The summed E-state index contributed by atoms with van der Waals surface area (Å²) >= 11 is 0. The minimum atomic E-state index is -1.27. The molecule has 0 atom stereocenters. The number of nitrogens with one attached hydrogen (secondary N) is 1. The molecule has 2 N–H and O–H groups in total. The Morgan fingerprint density at radius 2 is 2.26 bits per heavy atom. The Morgan fingerprint density at radius 1 is 1.47 bits per heavy atom. The predicted molar refractivity (Wildman–Crippen MR) is 64.4 cm³/mol. The Hall–Kier alpha value is -2.15. The van der Waals surface area contributed by atoms with Gasteiger partial charge in [-0.1, -0.05) is 0 Å². The van der Waals surface area contributed by atoms with Crippen LogP contribution in [-0.4, -0.2) is 36.8 Å². The van der Waals surface area contributed by atoms with Crippen molar-refractivity contribution in [3.63, 3.8) is 0 Å². The van der Waals surface area contributed by atoms with Gasteiger partial charge < -0.3 is 20.1 Å². The highest BCUT2D eigenvalue weighted by Crippen LogP contribution is 2.24. The minimum Gasteiger partial charge on any atom is -0.465 e. The summed E-state index contributed by atoms with van der Waals surface area (Å²) in [5.41, 5.74) is 1.12. The standard InChI is InChI=1S/C12H13FN2O4/c13-9-1-2-10-8(5-9)7-19-4-3-15(10)11(16)6-14-12(17)18/h1-2,5,14H,3-4,6-7H2,(H,17,18). The minimum absolute atomic E-state index is 0.225. The zero-order valence-electron chi connectivity index (χ0n) is 10.1. The van der Waals surface area contributed by atoms with Crippen LogP contribution in [0.4, 0.5) is 14.9 Å². The number of carbonyl (C=O) groups excluding carboxylic acids is 1. The third kappa shape index (κ3) is 3.19. The van der Waals surface area contributed by atoms with E-state index in [9.17, 15) is 14.0 Å².